The fourth-order valence-electron chi connectivity index (χ4n) is 2.58. The molecule has 0 aliphatic carbocycles. The number of hydrogen-bond acceptors (Lipinski definition) is 4. The lowest BCUT2D eigenvalue weighted by Gasteiger charge is -2.07. The van der Waals surface area contributed by atoms with Crippen LogP contribution >= 0.6 is 22.9 Å². The van der Waals surface area contributed by atoms with Gasteiger partial charge in [-0.2, -0.15) is 0 Å². The van der Waals surface area contributed by atoms with Gasteiger partial charge in [-0.3, -0.25) is 10.1 Å². The zero-order valence-corrected chi connectivity index (χ0v) is 16.2. The summed E-state index contributed by atoms with van der Waals surface area (Å²) in [6.07, 6.45) is 0. The summed E-state index contributed by atoms with van der Waals surface area (Å²) in [6.45, 7) is 0. The molecule has 1 aromatic heterocycles. The summed E-state index contributed by atoms with van der Waals surface area (Å²) in [7, 11) is 0. The summed E-state index contributed by atoms with van der Waals surface area (Å²) in [5.41, 5.74) is 2.23. The largest absolute Gasteiger partial charge is 0.457 e. The fraction of sp³-hybridized carbons (Fsp3) is 0. The molecule has 0 atom stereocenters. The van der Waals surface area contributed by atoms with E-state index < -0.39 is 0 Å². The molecule has 0 aliphatic rings. The summed E-state index contributed by atoms with van der Waals surface area (Å²) in [5.74, 6) is 1.07. The van der Waals surface area contributed by atoms with Crippen LogP contribution < -0.4 is 10.1 Å². The normalized spacial score (nSPS) is 10.5. The number of carbonyl (C=O) groups excluding carboxylic acids is 1. The molecule has 3 aromatic carbocycles. The zero-order valence-electron chi connectivity index (χ0n) is 14.6. The van der Waals surface area contributed by atoms with Crippen molar-refractivity contribution in [2.45, 2.75) is 0 Å². The molecule has 0 unspecified atom stereocenters. The van der Waals surface area contributed by atoms with E-state index in [0.29, 0.717) is 27.2 Å². The lowest BCUT2D eigenvalue weighted by Crippen LogP contribution is -2.11. The minimum atomic E-state index is -0.240. The van der Waals surface area contributed by atoms with Gasteiger partial charge in [-0.25, -0.2) is 4.98 Å². The number of halogens is 1. The topological polar surface area (TPSA) is 51.2 Å². The number of ether oxygens (including phenoxy) is 1. The molecule has 1 heterocycles. The third-order valence-corrected chi connectivity index (χ3v) is 4.95. The number of nitrogens with one attached hydrogen (secondary N) is 1. The molecule has 0 saturated carbocycles. The highest BCUT2D eigenvalue weighted by atomic mass is 35.5. The van der Waals surface area contributed by atoms with Crippen molar-refractivity contribution in [2.75, 3.05) is 5.32 Å². The molecular weight excluding hydrogens is 392 g/mol. The molecule has 6 heteroatoms. The summed E-state index contributed by atoms with van der Waals surface area (Å²) < 4.78 is 5.79. The average Bonchev–Trinajstić information content (AvgIpc) is 3.18. The van der Waals surface area contributed by atoms with E-state index in [-0.39, 0.29) is 5.91 Å². The lowest BCUT2D eigenvalue weighted by atomic mass is 10.2. The molecule has 0 spiro atoms. The van der Waals surface area contributed by atoms with E-state index >= 15 is 0 Å². The van der Waals surface area contributed by atoms with Crippen LogP contribution in [0.2, 0.25) is 5.02 Å². The van der Waals surface area contributed by atoms with Crippen LogP contribution in [0.1, 0.15) is 10.4 Å². The van der Waals surface area contributed by atoms with E-state index in [2.05, 4.69) is 10.3 Å². The quantitative estimate of drug-likeness (QED) is 0.411. The van der Waals surface area contributed by atoms with Gasteiger partial charge in [-0.05, 0) is 42.5 Å². The molecule has 138 valence electrons. The van der Waals surface area contributed by atoms with Gasteiger partial charge in [0.05, 0.1) is 5.69 Å². The van der Waals surface area contributed by atoms with E-state index in [0.717, 1.165) is 11.3 Å². The van der Waals surface area contributed by atoms with Crippen molar-refractivity contribution in [3.05, 3.63) is 94.8 Å². The highest BCUT2D eigenvalue weighted by Gasteiger charge is 2.11. The number of anilines is 1. The third-order valence-electron chi connectivity index (χ3n) is 3.94. The predicted octanol–water partition coefficient (Wildman–Crippen LogP) is 6.51. The van der Waals surface area contributed by atoms with Crippen LogP contribution in [-0.2, 0) is 0 Å². The van der Waals surface area contributed by atoms with Crippen LogP contribution in [0.4, 0.5) is 5.13 Å². The number of aromatic nitrogens is 1. The Morgan fingerprint density at radius 1 is 0.929 bits per heavy atom. The van der Waals surface area contributed by atoms with Crippen LogP contribution in [0.15, 0.2) is 84.2 Å². The molecule has 0 aliphatic heterocycles. The van der Waals surface area contributed by atoms with E-state index in [9.17, 15) is 4.79 Å². The maximum Gasteiger partial charge on any atom is 0.257 e. The molecule has 0 saturated heterocycles. The van der Waals surface area contributed by atoms with Gasteiger partial charge in [0.25, 0.3) is 5.91 Å². The monoisotopic (exact) mass is 406 g/mol. The summed E-state index contributed by atoms with van der Waals surface area (Å²) >= 11 is 7.29. The van der Waals surface area contributed by atoms with Crippen LogP contribution in [0.3, 0.4) is 0 Å². The van der Waals surface area contributed by atoms with E-state index in [1.807, 2.05) is 66.0 Å². The van der Waals surface area contributed by atoms with Gasteiger partial charge in [-0.1, -0.05) is 48.0 Å². The Labute approximate surface area is 171 Å². The summed E-state index contributed by atoms with van der Waals surface area (Å²) in [4.78, 5) is 17.1. The molecule has 0 radical (unpaired) electrons. The minimum absolute atomic E-state index is 0.240. The summed E-state index contributed by atoms with van der Waals surface area (Å²) in [6, 6.07) is 23.9. The Kier molecular flexibility index (Phi) is 5.37. The molecule has 0 bridgehead atoms. The molecular formula is C22H15ClN2O2S. The van der Waals surface area contributed by atoms with Crippen molar-refractivity contribution >= 4 is 34.0 Å². The number of benzene rings is 3. The highest BCUT2D eigenvalue weighted by molar-refractivity contribution is 7.14. The fourth-order valence-corrected chi connectivity index (χ4v) is 3.42. The average molecular weight is 407 g/mol. The first-order valence-corrected chi connectivity index (χ1v) is 9.79. The van der Waals surface area contributed by atoms with Crippen molar-refractivity contribution in [3.63, 3.8) is 0 Å². The second-order valence-corrected chi connectivity index (χ2v) is 7.24. The molecule has 1 N–H and O–H groups in total. The highest BCUT2D eigenvalue weighted by Crippen LogP contribution is 2.27. The van der Waals surface area contributed by atoms with Crippen molar-refractivity contribution < 1.29 is 9.53 Å². The number of nitrogens with zero attached hydrogens (tertiary/aromatic N) is 1. The van der Waals surface area contributed by atoms with Crippen LogP contribution in [0.5, 0.6) is 11.5 Å². The number of hydrogen-bond donors (Lipinski definition) is 1. The first-order chi connectivity index (χ1) is 13.7. The first kappa shape index (κ1) is 18.2. The number of carbonyl (C=O) groups is 1. The molecule has 4 rings (SSSR count). The zero-order chi connectivity index (χ0) is 19.3. The molecule has 0 fully saturated rings. The minimum Gasteiger partial charge on any atom is -0.457 e. The van der Waals surface area contributed by atoms with Gasteiger partial charge < -0.3 is 4.74 Å². The van der Waals surface area contributed by atoms with Crippen molar-refractivity contribution in [1.82, 2.24) is 4.98 Å². The van der Waals surface area contributed by atoms with Gasteiger partial charge in [-0.15, -0.1) is 11.3 Å². The van der Waals surface area contributed by atoms with Gasteiger partial charge in [0.2, 0.25) is 0 Å². The van der Waals surface area contributed by atoms with Gasteiger partial charge in [0.15, 0.2) is 5.13 Å². The second-order valence-electron chi connectivity index (χ2n) is 5.94. The Bertz CT molecular complexity index is 1090. The van der Waals surface area contributed by atoms with Gasteiger partial charge >= 0.3 is 0 Å². The van der Waals surface area contributed by atoms with Gasteiger partial charge in [0, 0.05) is 21.5 Å². The maximum atomic E-state index is 12.6. The second kappa shape index (κ2) is 8.25. The van der Waals surface area contributed by atoms with Crippen LogP contribution in [-0.4, -0.2) is 10.9 Å². The number of rotatable bonds is 5. The first-order valence-electron chi connectivity index (χ1n) is 8.53. The Hall–Kier alpha value is -3.15. The van der Waals surface area contributed by atoms with Crippen molar-refractivity contribution in [1.29, 1.82) is 0 Å². The number of thiazole rings is 1. The molecule has 1 amide bonds. The lowest BCUT2D eigenvalue weighted by molar-refractivity contribution is 0.102. The van der Waals surface area contributed by atoms with E-state index in [1.54, 1.807) is 18.2 Å². The SMILES string of the molecule is O=C(Nc1nc(-c2ccc(Cl)cc2)cs1)c1cccc(Oc2ccccc2)c1. The number of para-hydroxylation sites is 1. The molecule has 4 nitrogen and oxygen atoms in total. The number of amides is 1. The molecule has 28 heavy (non-hydrogen) atoms. The summed E-state index contributed by atoms with van der Waals surface area (Å²) in [5, 5.41) is 5.94. The Morgan fingerprint density at radius 3 is 2.46 bits per heavy atom. The standard InChI is InChI=1S/C22H15ClN2O2S/c23-17-11-9-15(10-12-17)20-14-28-22(24-20)25-21(26)16-5-4-8-19(13-16)27-18-6-2-1-3-7-18/h1-14H,(H,24,25,26). The molecule has 4 aromatic rings. The van der Waals surface area contributed by atoms with Crippen molar-refractivity contribution in [2.24, 2.45) is 0 Å². The van der Waals surface area contributed by atoms with E-state index in [4.69, 9.17) is 16.3 Å². The van der Waals surface area contributed by atoms with Crippen LogP contribution in [0.25, 0.3) is 11.3 Å². The van der Waals surface area contributed by atoms with Crippen LogP contribution in [0, 0.1) is 0 Å². The Morgan fingerprint density at radius 2 is 1.68 bits per heavy atom. The van der Waals surface area contributed by atoms with Crippen molar-refractivity contribution in [3.8, 4) is 22.8 Å². The third kappa shape index (κ3) is 4.39. The maximum absolute atomic E-state index is 12.6. The van der Waals surface area contributed by atoms with E-state index in [1.165, 1.54) is 11.3 Å². The predicted molar refractivity (Wildman–Crippen MR) is 113 cm³/mol. The smallest absolute Gasteiger partial charge is 0.257 e. The van der Waals surface area contributed by atoms with Gasteiger partial charge in [0.1, 0.15) is 11.5 Å². The Balaban J connectivity index is 1.47.